The lowest BCUT2D eigenvalue weighted by Gasteiger charge is -2.24. The molecule has 1 atom stereocenters. The lowest BCUT2D eigenvalue weighted by molar-refractivity contribution is -0.384. The summed E-state index contributed by atoms with van der Waals surface area (Å²) in [6, 6.07) is 11.2. The van der Waals surface area contributed by atoms with E-state index in [0.717, 1.165) is 28.6 Å². The van der Waals surface area contributed by atoms with Gasteiger partial charge in [0.1, 0.15) is 18.1 Å². The Labute approximate surface area is 219 Å². The third kappa shape index (κ3) is 3.93. The van der Waals surface area contributed by atoms with E-state index in [1.807, 2.05) is 6.92 Å². The van der Waals surface area contributed by atoms with E-state index in [1.54, 1.807) is 22.8 Å². The Hall–Kier alpha value is -5.26. The molecule has 0 amide bonds. The Bertz CT molecular complexity index is 1780. The van der Waals surface area contributed by atoms with Gasteiger partial charge in [-0.05, 0) is 48.4 Å². The molecule has 2 aliphatic heterocycles. The van der Waals surface area contributed by atoms with Crippen molar-refractivity contribution in [2.45, 2.75) is 32.6 Å². The minimum atomic E-state index is -1.56. The quantitative estimate of drug-likeness (QED) is 0.156. The number of pyridine rings is 2. The number of nitrogens with zero attached hydrogens (tertiary/aromatic N) is 3. The Kier molecular flexibility index (Phi) is 5.52. The summed E-state index contributed by atoms with van der Waals surface area (Å²) in [4.78, 5) is 53.7. The zero-order chi connectivity index (χ0) is 27.4. The zero-order valence-electron chi connectivity index (χ0n) is 20.4. The first kappa shape index (κ1) is 24.1. The molecular formula is C27H19N3O9. The van der Waals surface area contributed by atoms with Gasteiger partial charge >= 0.3 is 12.1 Å². The third-order valence-corrected chi connectivity index (χ3v) is 6.85. The number of nitro benzene ring substituents is 1. The molecule has 1 N–H and O–H groups in total. The van der Waals surface area contributed by atoms with Crippen molar-refractivity contribution in [3.05, 3.63) is 91.3 Å². The Morgan fingerprint density at radius 1 is 1.18 bits per heavy atom. The fourth-order valence-electron chi connectivity index (χ4n) is 5.05. The van der Waals surface area contributed by atoms with Gasteiger partial charge in [0, 0.05) is 28.6 Å². The highest BCUT2D eigenvalue weighted by Crippen LogP contribution is 2.39. The van der Waals surface area contributed by atoms with Crippen LogP contribution in [0.25, 0.3) is 22.3 Å². The number of phenols is 1. The standard InChI is InChI=1S/C27H19N3O9/c1-2-16-17-9-14(31)5-8-21(17)28-23-19(16)11-29-22(23)10-18-20(25(29)32)12-37-26(33)24(18)39-27(34)38-15-6-3-13(4-7-15)30(35)36/h3-10,24,31H,2,11-12H2,1H3/t24-/m0/s1. The summed E-state index contributed by atoms with van der Waals surface area (Å²) in [6.07, 6.45) is -2.18. The van der Waals surface area contributed by atoms with E-state index in [-0.39, 0.29) is 41.5 Å². The van der Waals surface area contributed by atoms with E-state index >= 15 is 0 Å². The van der Waals surface area contributed by atoms with Crippen LogP contribution >= 0.6 is 0 Å². The van der Waals surface area contributed by atoms with Crippen LogP contribution in [0.5, 0.6) is 11.5 Å². The van der Waals surface area contributed by atoms with Crippen molar-refractivity contribution in [1.82, 2.24) is 9.55 Å². The maximum absolute atomic E-state index is 13.5. The van der Waals surface area contributed by atoms with Crippen LogP contribution in [0.15, 0.2) is 53.3 Å². The van der Waals surface area contributed by atoms with Gasteiger partial charge < -0.3 is 23.9 Å². The molecule has 0 fully saturated rings. The molecule has 4 aromatic rings. The van der Waals surface area contributed by atoms with Gasteiger partial charge in [-0.1, -0.05) is 6.92 Å². The van der Waals surface area contributed by atoms with Crippen molar-refractivity contribution in [2.24, 2.45) is 0 Å². The molecule has 2 aliphatic rings. The number of hydrogen-bond donors (Lipinski definition) is 1. The first-order chi connectivity index (χ1) is 18.7. The first-order valence-electron chi connectivity index (χ1n) is 12.0. The average Bonchev–Trinajstić information content (AvgIpc) is 3.28. The molecule has 0 spiro atoms. The van der Waals surface area contributed by atoms with Crippen LogP contribution in [0.1, 0.15) is 35.3 Å². The number of aryl methyl sites for hydroxylation is 1. The van der Waals surface area contributed by atoms with Gasteiger partial charge in [0.15, 0.2) is 0 Å². The smallest absolute Gasteiger partial charge is 0.508 e. The maximum Gasteiger partial charge on any atom is 0.515 e. The SMILES string of the molecule is CCc1c2c(nc3ccc(O)cc13)-c1cc3c(c(=O)n1C2)COC(=O)[C@H]3OC(=O)Oc1ccc([N+](=O)[O-])cc1. The topological polar surface area (TPSA) is 160 Å². The van der Waals surface area contributed by atoms with Crippen molar-refractivity contribution >= 4 is 28.7 Å². The molecule has 4 heterocycles. The number of fused-ring (bicyclic) bond motifs is 5. The Morgan fingerprint density at radius 3 is 2.67 bits per heavy atom. The highest BCUT2D eigenvalue weighted by molar-refractivity contribution is 5.89. The number of aromatic nitrogens is 2. The van der Waals surface area contributed by atoms with Crippen molar-refractivity contribution in [1.29, 1.82) is 0 Å². The molecular weight excluding hydrogens is 510 g/mol. The molecule has 6 rings (SSSR count). The van der Waals surface area contributed by atoms with Crippen molar-refractivity contribution < 1.29 is 33.8 Å². The number of cyclic esters (lactones) is 1. The number of benzene rings is 2. The molecule has 0 saturated carbocycles. The maximum atomic E-state index is 13.5. The number of rotatable bonds is 4. The van der Waals surface area contributed by atoms with Crippen LogP contribution in [0.3, 0.4) is 0 Å². The van der Waals surface area contributed by atoms with Gasteiger partial charge in [0.2, 0.25) is 6.10 Å². The molecule has 0 radical (unpaired) electrons. The van der Waals surface area contributed by atoms with Crippen molar-refractivity contribution in [3.8, 4) is 22.9 Å². The van der Waals surface area contributed by atoms with Crippen LogP contribution in [0.2, 0.25) is 0 Å². The summed E-state index contributed by atoms with van der Waals surface area (Å²) in [7, 11) is 0. The highest BCUT2D eigenvalue weighted by Gasteiger charge is 2.38. The predicted octanol–water partition coefficient (Wildman–Crippen LogP) is 3.91. The normalized spacial score (nSPS) is 15.2. The molecule has 0 aliphatic carbocycles. The van der Waals surface area contributed by atoms with E-state index in [9.17, 15) is 29.6 Å². The second-order valence-corrected chi connectivity index (χ2v) is 9.04. The van der Waals surface area contributed by atoms with Crippen LogP contribution in [-0.4, -0.2) is 31.7 Å². The molecule has 0 bridgehead atoms. The summed E-state index contributed by atoms with van der Waals surface area (Å²) in [5.41, 5.74) is 3.18. The van der Waals surface area contributed by atoms with Gasteiger partial charge in [0.25, 0.3) is 11.2 Å². The van der Waals surface area contributed by atoms with Crippen LogP contribution in [-0.2, 0) is 33.8 Å². The summed E-state index contributed by atoms with van der Waals surface area (Å²) in [6.45, 7) is 1.94. The van der Waals surface area contributed by atoms with E-state index in [4.69, 9.17) is 19.2 Å². The van der Waals surface area contributed by atoms with Crippen molar-refractivity contribution in [3.63, 3.8) is 0 Å². The Balaban J connectivity index is 1.38. The third-order valence-electron chi connectivity index (χ3n) is 6.85. The average molecular weight is 529 g/mol. The second kappa shape index (κ2) is 8.94. The number of esters is 1. The van der Waals surface area contributed by atoms with E-state index < -0.39 is 28.7 Å². The lowest BCUT2D eigenvalue weighted by atomic mass is 9.97. The van der Waals surface area contributed by atoms with Crippen LogP contribution in [0, 0.1) is 10.1 Å². The monoisotopic (exact) mass is 529 g/mol. The zero-order valence-corrected chi connectivity index (χ0v) is 20.4. The molecule has 2 aromatic carbocycles. The summed E-state index contributed by atoms with van der Waals surface area (Å²) in [5.74, 6) is -0.799. The number of phenolic OH excluding ortho intramolecular Hbond substituents is 1. The molecule has 12 nitrogen and oxygen atoms in total. The molecule has 0 unspecified atom stereocenters. The summed E-state index contributed by atoms with van der Waals surface area (Å²) < 4.78 is 17.0. The largest absolute Gasteiger partial charge is 0.515 e. The minimum absolute atomic E-state index is 0.0350. The first-order valence-corrected chi connectivity index (χ1v) is 12.0. The van der Waals surface area contributed by atoms with Crippen LogP contribution in [0.4, 0.5) is 10.5 Å². The molecule has 2 aromatic heterocycles. The van der Waals surface area contributed by atoms with Crippen molar-refractivity contribution in [2.75, 3.05) is 0 Å². The van der Waals surface area contributed by atoms with Crippen LogP contribution < -0.4 is 10.3 Å². The fourth-order valence-corrected chi connectivity index (χ4v) is 5.05. The predicted molar refractivity (Wildman–Crippen MR) is 134 cm³/mol. The number of nitro groups is 1. The molecule has 196 valence electrons. The number of aromatic hydroxyl groups is 1. The summed E-state index contributed by atoms with van der Waals surface area (Å²) in [5, 5.41) is 21.6. The number of ether oxygens (including phenoxy) is 3. The lowest BCUT2D eigenvalue weighted by Crippen LogP contribution is -2.34. The second-order valence-electron chi connectivity index (χ2n) is 9.04. The summed E-state index contributed by atoms with van der Waals surface area (Å²) >= 11 is 0. The minimum Gasteiger partial charge on any atom is -0.508 e. The van der Waals surface area contributed by atoms with E-state index in [2.05, 4.69) is 0 Å². The fraction of sp³-hybridized carbons (Fsp3) is 0.185. The number of carbonyl (C=O) groups excluding carboxylic acids is 2. The Morgan fingerprint density at radius 2 is 1.95 bits per heavy atom. The number of non-ortho nitro benzene ring substituents is 1. The van der Waals surface area contributed by atoms with E-state index in [1.165, 1.54) is 18.2 Å². The van der Waals surface area contributed by atoms with Gasteiger partial charge in [-0.25, -0.2) is 14.6 Å². The molecule has 0 saturated heterocycles. The van der Waals surface area contributed by atoms with Gasteiger partial charge in [-0.15, -0.1) is 0 Å². The molecule has 12 heteroatoms. The molecule has 39 heavy (non-hydrogen) atoms. The van der Waals surface area contributed by atoms with E-state index in [0.29, 0.717) is 23.3 Å². The van der Waals surface area contributed by atoms with Gasteiger partial charge in [-0.2, -0.15) is 0 Å². The van der Waals surface area contributed by atoms with Gasteiger partial charge in [0.05, 0.1) is 33.9 Å². The highest BCUT2D eigenvalue weighted by atomic mass is 16.7. The van der Waals surface area contributed by atoms with Gasteiger partial charge in [-0.3, -0.25) is 14.9 Å². The number of hydrogen-bond acceptors (Lipinski definition) is 10. The number of carbonyl (C=O) groups is 2.